The molecule has 62 valence electrons. The minimum atomic E-state index is 0.643. The second kappa shape index (κ2) is 3.77. The number of methoxy groups -OCH3 is 1. The molecule has 0 aliphatic carbocycles. The van der Waals surface area contributed by atoms with Crippen LogP contribution in [0.4, 0.5) is 0 Å². The summed E-state index contributed by atoms with van der Waals surface area (Å²) in [4.78, 5) is 0. The van der Waals surface area contributed by atoms with Crippen LogP contribution in [0.25, 0.3) is 0 Å². The van der Waals surface area contributed by atoms with Crippen molar-refractivity contribution in [1.29, 1.82) is 5.26 Å². The Kier molecular flexibility index (Phi) is 2.71. The summed E-state index contributed by atoms with van der Waals surface area (Å²) in [5.74, 6) is 0.802. The van der Waals surface area contributed by atoms with Gasteiger partial charge in [-0.05, 0) is 24.1 Å². The van der Waals surface area contributed by atoms with Gasteiger partial charge in [0.25, 0.3) is 0 Å². The summed E-state index contributed by atoms with van der Waals surface area (Å²) in [6.07, 6.45) is 0.925. The highest BCUT2D eigenvalue weighted by Crippen LogP contribution is 2.19. The maximum Gasteiger partial charge on any atom is 0.123 e. The monoisotopic (exact) mass is 161 g/mol. The lowest BCUT2D eigenvalue weighted by Gasteiger charge is -2.05. The Hall–Kier alpha value is -1.49. The van der Waals surface area contributed by atoms with E-state index in [1.165, 1.54) is 0 Å². The molecule has 12 heavy (non-hydrogen) atoms. The van der Waals surface area contributed by atoms with Crippen LogP contribution in [-0.4, -0.2) is 7.11 Å². The van der Waals surface area contributed by atoms with Crippen molar-refractivity contribution in [3.8, 4) is 11.8 Å². The molecule has 0 unspecified atom stereocenters. The molecule has 0 spiro atoms. The van der Waals surface area contributed by atoms with E-state index in [0.29, 0.717) is 5.56 Å². The van der Waals surface area contributed by atoms with Gasteiger partial charge >= 0.3 is 0 Å². The molecule has 1 aromatic rings. The van der Waals surface area contributed by atoms with Gasteiger partial charge in [-0.3, -0.25) is 0 Å². The van der Waals surface area contributed by atoms with Crippen LogP contribution in [0.1, 0.15) is 18.1 Å². The Morgan fingerprint density at radius 3 is 2.75 bits per heavy atom. The first-order valence-electron chi connectivity index (χ1n) is 3.88. The third-order valence-electron chi connectivity index (χ3n) is 1.80. The third-order valence-corrected chi connectivity index (χ3v) is 1.80. The average molecular weight is 161 g/mol. The molecule has 1 rings (SSSR count). The van der Waals surface area contributed by atoms with Crippen molar-refractivity contribution in [3.63, 3.8) is 0 Å². The fourth-order valence-electron chi connectivity index (χ4n) is 1.11. The van der Waals surface area contributed by atoms with Crippen LogP contribution in [0, 0.1) is 11.3 Å². The van der Waals surface area contributed by atoms with Gasteiger partial charge < -0.3 is 4.74 Å². The Morgan fingerprint density at radius 1 is 1.50 bits per heavy atom. The van der Waals surface area contributed by atoms with Crippen LogP contribution in [0.15, 0.2) is 18.2 Å². The minimum absolute atomic E-state index is 0.643. The van der Waals surface area contributed by atoms with Gasteiger partial charge in [0.1, 0.15) is 5.75 Å². The number of rotatable bonds is 2. The second-order valence-corrected chi connectivity index (χ2v) is 2.49. The van der Waals surface area contributed by atoms with Crippen molar-refractivity contribution < 1.29 is 4.74 Å². The summed E-state index contributed by atoms with van der Waals surface area (Å²) in [5, 5.41) is 8.62. The van der Waals surface area contributed by atoms with E-state index in [9.17, 15) is 0 Å². The molecule has 2 heteroatoms. The van der Waals surface area contributed by atoms with Gasteiger partial charge in [0.15, 0.2) is 0 Å². The van der Waals surface area contributed by atoms with Crippen LogP contribution in [0.2, 0.25) is 0 Å². The zero-order valence-corrected chi connectivity index (χ0v) is 7.29. The molecule has 0 heterocycles. The zero-order valence-electron chi connectivity index (χ0n) is 7.29. The van der Waals surface area contributed by atoms with E-state index in [0.717, 1.165) is 17.7 Å². The topological polar surface area (TPSA) is 33.0 Å². The molecule has 2 nitrogen and oxygen atoms in total. The Bertz CT molecular complexity index is 312. The maximum atomic E-state index is 8.62. The van der Waals surface area contributed by atoms with Crippen LogP contribution in [0.3, 0.4) is 0 Å². The molecule has 0 aliphatic heterocycles. The highest BCUT2D eigenvalue weighted by molar-refractivity contribution is 5.42. The fourth-order valence-corrected chi connectivity index (χ4v) is 1.11. The molecule has 0 saturated heterocycles. The van der Waals surface area contributed by atoms with E-state index in [-0.39, 0.29) is 0 Å². The lowest BCUT2D eigenvalue weighted by molar-refractivity contribution is 0.410. The number of nitrogens with zero attached hydrogens (tertiary/aromatic N) is 1. The summed E-state index contributed by atoms with van der Waals surface area (Å²) in [6, 6.07) is 7.57. The highest BCUT2D eigenvalue weighted by Gasteiger charge is 2.00. The van der Waals surface area contributed by atoms with E-state index < -0.39 is 0 Å². The Balaban J connectivity index is 3.13. The summed E-state index contributed by atoms with van der Waals surface area (Å²) in [6.45, 7) is 2.06. The van der Waals surface area contributed by atoms with E-state index in [4.69, 9.17) is 10.00 Å². The fraction of sp³-hybridized carbons (Fsp3) is 0.300. The standard InChI is InChI=1S/C10H11NO/c1-3-9-5-4-8(7-11)6-10(9)12-2/h4-6H,3H2,1-2H3. The molecule has 0 aliphatic rings. The SMILES string of the molecule is CCc1ccc(C#N)cc1OC. The first-order valence-corrected chi connectivity index (χ1v) is 3.88. The van der Waals surface area contributed by atoms with Crippen LogP contribution in [-0.2, 0) is 6.42 Å². The predicted octanol–water partition coefficient (Wildman–Crippen LogP) is 2.13. The van der Waals surface area contributed by atoms with Crippen molar-refractivity contribution >= 4 is 0 Å². The van der Waals surface area contributed by atoms with Gasteiger partial charge in [0, 0.05) is 0 Å². The van der Waals surface area contributed by atoms with Crippen LogP contribution >= 0.6 is 0 Å². The van der Waals surface area contributed by atoms with Gasteiger partial charge in [-0.15, -0.1) is 0 Å². The van der Waals surface area contributed by atoms with Crippen molar-refractivity contribution in [2.45, 2.75) is 13.3 Å². The largest absolute Gasteiger partial charge is 0.496 e. The van der Waals surface area contributed by atoms with Gasteiger partial charge in [-0.2, -0.15) is 5.26 Å². The molecule has 1 aromatic carbocycles. The smallest absolute Gasteiger partial charge is 0.123 e. The molecular formula is C10H11NO. The van der Waals surface area contributed by atoms with Crippen LogP contribution in [0.5, 0.6) is 5.75 Å². The van der Waals surface area contributed by atoms with Gasteiger partial charge in [-0.1, -0.05) is 13.0 Å². The number of benzene rings is 1. The predicted molar refractivity (Wildman–Crippen MR) is 47.1 cm³/mol. The lowest BCUT2D eigenvalue weighted by atomic mass is 10.1. The number of ether oxygens (including phenoxy) is 1. The molecule has 0 aromatic heterocycles. The quantitative estimate of drug-likeness (QED) is 0.665. The van der Waals surface area contributed by atoms with E-state index >= 15 is 0 Å². The van der Waals surface area contributed by atoms with Gasteiger partial charge in [-0.25, -0.2) is 0 Å². The van der Waals surface area contributed by atoms with Gasteiger partial charge in [0.05, 0.1) is 18.7 Å². The molecule has 0 amide bonds. The van der Waals surface area contributed by atoms with E-state index in [1.54, 1.807) is 19.2 Å². The van der Waals surface area contributed by atoms with Crippen LogP contribution < -0.4 is 4.74 Å². The van der Waals surface area contributed by atoms with E-state index in [2.05, 4.69) is 13.0 Å². The minimum Gasteiger partial charge on any atom is -0.496 e. The Labute approximate surface area is 72.4 Å². The maximum absolute atomic E-state index is 8.62. The second-order valence-electron chi connectivity index (χ2n) is 2.49. The molecular weight excluding hydrogens is 150 g/mol. The Morgan fingerprint density at radius 2 is 2.25 bits per heavy atom. The van der Waals surface area contributed by atoms with Crippen molar-refractivity contribution in [2.24, 2.45) is 0 Å². The average Bonchev–Trinajstić information content (AvgIpc) is 2.16. The van der Waals surface area contributed by atoms with Gasteiger partial charge in [0.2, 0.25) is 0 Å². The van der Waals surface area contributed by atoms with E-state index in [1.807, 2.05) is 6.07 Å². The van der Waals surface area contributed by atoms with Crippen molar-refractivity contribution in [3.05, 3.63) is 29.3 Å². The summed E-state index contributed by atoms with van der Waals surface area (Å²) in [5.41, 5.74) is 1.78. The molecule has 0 bridgehead atoms. The summed E-state index contributed by atoms with van der Waals surface area (Å²) in [7, 11) is 1.62. The first kappa shape index (κ1) is 8.61. The number of hydrogen-bond acceptors (Lipinski definition) is 2. The zero-order chi connectivity index (χ0) is 8.97. The molecule has 0 atom stereocenters. The molecule has 0 radical (unpaired) electrons. The van der Waals surface area contributed by atoms with Crippen molar-refractivity contribution in [1.82, 2.24) is 0 Å². The molecule has 0 saturated carbocycles. The lowest BCUT2D eigenvalue weighted by Crippen LogP contribution is -1.90. The first-order chi connectivity index (χ1) is 5.81. The summed E-state index contributed by atoms with van der Waals surface area (Å²) >= 11 is 0. The molecule has 0 fully saturated rings. The highest BCUT2D eigenvalue weighted by atomic mass is 16.5. The normalized spacial score (nSPS) is 9.08. The molecule has 0 N–H and O–H groups in total. The third kappa shape index (κ3) is 1.57. The van der Waals surface area contributed by atoms with Crippen molar-refractivity contribution in [2.75, 3.05) is 7.11 Å². The summed E-state index contributed by atoms with van der Waals surface area (Å²) < 4.78 is 5.13. The number of nitriles is 1. The number of hydrogen-bond donors (Lipinski definition) is 0. The number of aryl methyl sites for hydroxylation is 1.